The third-order valence-corrected chi connectivity index (χ3v) is 3.71. The predicted molar refractivity (Wildman–Crippen MR) is 86.2 cm³/mol. The Morgan fingerprint density at radius 2 is 1.76 bits per heavy atom. The number of amides is 1. The van der Waals surface area contributed by atoms with Gasteiger partial charge in [-0.2, -0.15) is 18.4 Å². The minimum absolute atomic E-state index is 0.0273. The normalized spacial score (nSPS) is 15.7. The maximum absolute atomic E-state index is 13.3. The van der Waals surface area contributed by atoms with Gasteiger partial charge in [0.15, 0.2) is 0 Å². The predicted octanol–water partition coefficient (Wildman–Crippen LogP) is 3.63. The number of nitrogens with zero attached hydrogens (tertiary/aromatic N) is 3. The smallest absolute Gasteiger partial charge is 0.418 e. The fraction of sp³-hybridized carbons (Fsp3) is 0.529. The first-order chi connectivity index (χ1) is 11.5. The number of benzene rings is 1. The number of rotatable bonds is 1. The Hall–Kier alpha value is -2.43. The van der Waals surface area contributed by atoms with E-state index < -0.39 is 23.4 Å². The molecule has 1 amide bonds. The highest BCUT2D eigenvalue weighted by Gasteiger charge is 2.37. The SMILES string of the molecule is CC(C)(C)OC(=O)N1CCN(c2c(C#N)cccc2C(F)(F)F)CC1. The van der Waals surface area contributed by atoms with Crippen molar-refractivity contribution < 1.29 is 22.7 Å². The Bertz CT molecular complexity index is 682. The van der Waals surface area contributed by atoms with Crippen LogP contribution in [0.1, 0.15) is 31.9 Å². The second-order valence-corrected chi connectivity index (χ2v) is 6.77. The molecule has 1 aliphatic rings. The fourth-order valence-corrected chi connectivity index (χ4v) is 2.64. The second kappa shape index (κ2) is 6.82. The molecule has 1 saturated heterocycles. The van der Waals surface area contributed by atoms with Crippen molar-refractivity contribution in [2.45, 2.75) is 32.5 Å². The number of hydrogen-bond donors (Lipinski definition) is 0. The molecule has 0 N–H and O–H groups in total. The average molecular weight is 355 g/mol. The van der Waals surface area contributed by atoms with E-state index in [1.54, 1.807) is 20.8 Å². The van der Waals surface area contributed by atoms with Gasteiger partial charge in [-0.15, -0.1) is 0 Å². The van der Waals surface area contributed by atoms with Crippen LogP contribution in [0, 0.1) is 11.3 Å². The molecular weight excluding hydrogens is 335 g/mol. The largest absolute Gasteiger partial charge is 0.444 e. The number of halogens is 3. The Morgan fingerprint density at radius 3 is 2.24 bits per heavy atom. The Morgan fingerprint density at radius 1 is 1.16 bits per heavy atom. The van der Waals surface area contributed by atoms with E-state index in [9.17, 15) is 23.2 Å². The molecule has 0 radical (unpaired) electrons. The van der Waals surface area contributed by atoms with Crippen LogP contribution in [-0.4, -0.2) is 42.8 Å². The minimum atomic E-state index is -4.55. The van der Waals surface area contributed by atoms with Crippen LogP contribution in [0.5, 0.6) is 0 Å². The van der Waals surface area contributed by atoms with E-state index in [1.807, 2.05) is 6.07 Å². The summed E-state index contributed by atoms with van der Waals surface area (Å²) in [6, 6.07) is 5.38. The zero-order chi connectivity index (χ0) is 18.8. The fourth-order valence-electron chi connectivity index (χ4n) is 2.64. The molecule has 1 aromatic rings. The lowest BCUT2D eigenvalue weighted by atomic mass is 10.0. The molecule has 136 valence electrons. The molecule has 5 nitrogen and oxygen atoms in total. The van der Waals surface area contributed by atoms with Gasteiger partial charge in [-0.25, -0.2) is 4.79 Å². The summed E-state index contributed by atoms with van der Waals surface area (Å²) in [6.07, 6.45) is -5.04. The Kier molecular flexibility index (Phi) is 5.16. The Balaban J connectivity index is 2.19. The van der Waals surface area contributed by atoms with Crippen LogP contribution < -0.4 is 4.90 Å². The first kappa shape index (κ1) is 18.9. The van der Waals surface area contributed by atoms with Crippen molar-refractivity contribution in [3.8, 4) is 6.07 Å². The van der Waals surface area contributed by atoms with E-state index in [4.69, 9.17) is 4.74 Å². The van der Waals surface area contributed by atoms with E-state index in [2.05, 4.69) is 0 Å². The van der Waals surface area contributed by atoms with Crippen molar-refractivity contribution in [3.63, 3.8) is 0 Å². The van der Waals surface area contributed by atoms with Crippen LogP contribution >= 0.6 is 0 Å². The van der Waals surface area contributed by atoms with Crippen LogP contribution in [0.15, 0.2) is 18.2 Å². The topological polar surface area (TPSA) is 56.6 Å². The molecular formula is C17H20F3N3O2. The molecule has 8 heteroatoms. The summed E-state index contributed by atoms with van der Waals surface area (Å²) < 4.78 is 45.1. The third kappa shape index (κ3) is 4.56. The number of anilines is 1. The minimum Gasteiger partial charge on any atom is -0.444 e. The summed E-state index contributed by atoms with van der Waals surface area (Å²) in [5, 5.41) is 9.18. The highest BCUT2D eigenvalue weighted by molar-refractivity contribution is 5.70. The molecule has 2 rings (SSSR count). The van der Waals surface area contributed by atoms with E-state index in [-0.39, 0.29) is 37.4 Å². The molecule has 25 heavy (non-hydrogen) atoms. The molecule has 1 heterocycles. The van der Waals surface area contributed by atoms with Crippen molar-refractivity contribution in [1.82, 2.24) is 4.90 Å². The molecule has 0 aromatic heterocycles. The first-order valence-corrected chi connectivity index (χ1v) is 7.86. The van der Waals surface area contributed by atoms with Gasteiger partial charge in [0.05, 0.1) is 16.8 Å². The highest BCUT2D eigenvalue weighted by atomic mass is 19.4. The summed E-state index contributed by atoms with van der Waals surface area (Å²) in [5.74, 6) is 0. The van der Waals surface area contributed by atoms with E-state index in [1.165, 1.54) is 21.9 Å². The maximum Gasteiger partial charge on any atom is 0.418 e. The van der Waals surface area contributed by atoms with Crippen LogP contribution in [-0.2, 0) is 10.9 Å². The first-order valence-electron chi connectivity index (χ1n) is 7.86. The second-order valence-electron chi connectivity index (χ2n) is 6.77. The summed E-state index contributed by atoms with van der Waals surface area (Å²) in [5.41, 5.74) is -1.62. The summed E-state index contributed by atoms with van der Waals surface area (Å²) in [7, 11) is 0. The highest BCUT2D eigenvalue weighted by Crippen LogP contribution is 2.38. The van der Waals surface area contributed by atoms with Gasteiger partial charge in [-0.3, -0.25) is 0 Å². The molecule has 0 bridgehead atoms. The van der Waals surface area contributed by atoms with Gasteiger partial charge in [0.25, 0.3) is 0 Å². The van der Waals surface area contributed by atoms with Crippen LogP contribution in [0.3, 0.4) is 0 Å². The summed E-state index contributed by atoms with van der Waals surface area (Å²) >= 11 is 0. The van der Waals surface area contributed by atoms with Gasteiger partial charge in [-0.1, -0.05) is 6.07 Å². The maximum atomic E-state index is 13.3. The number of piperazine rings is 1. The molecule has 0 spiro atoms. The van der Waals surface area contributed by atoms with Crippen molar-refractivity contribution in [1.29, 1.82) is 5.26 Å². The number of alkyl halides is 3. The van der Waals surface area contributed by atoms with Crippen LogP contribution in [0.4, 0.5) is 23.7 Å². The van der Waals surface area contributed by atoms with E-state index in [0.717, 1.165) is 6.07 Å². The van der Waals surface area contributed by atoms with E-state index in [0.29, 0.717) is 0 Å². The van der Waals surface area contributed by atoms with Crippen LogP contribution in [0.25, 0.3) is 0 Å². The van der Waals surface area contributed by atoms with E-state index >= 15 is 0 Å². The zero-order valence-electron chi connectivity index (χ0n) is 14.4. The molecule has 1 fully saturated rings. The standard InChI is InChI=1S/C17H20F3N3O2/c1-16(2,3)25-15(24)23-9-7-22(8-10-23)14-12(11-21)5-4-6-13(14)17(18,19)20/h4-6H,7-10H2,1-3H3. The number of carbonyl (C=O) groups excluding carboxylic acids is 1. The molecule has 0 aliphatic carbocycles. The molecule has 0 atom stereocenters. The number of carbonyl (C=O) groups is 1. The molecule has 1 aromatic carbocycles. The number of nitriles is 1. The van der Waals surface area contributed by atoms with Gasteiger partial charge >= 0.3 is 12.3 Å². The number of hydrogen-bond acceptors (Lipinski definition) is 4. The lowest BCUT2D eigenvalue weighted by molar-refractivity contribution is -0.137. The number of ether oxygens (including phenoxy) is 1. The van der Waals surface area contributed by atoms with Gasteiger partial charge in [0, 0.05) is 26.2 Å². The number of para-hydroxylation sites is 1. The van der Waals surface area contributed by atoms with Crippen molar-refractivity contribution in [3.05, 3.63) is 29.3 Å². The average Bonchev–Trinajstić information content (AvgIpc) is 2.51. The lowest BCUT2D eigenvalue weighted by Gasteiger charge is -2.38. The molecule has 1 aliphatic heterocycles. The van der Waals surface area contributed by atoms with Crippen LogP contribution in [0.2, 0.25) is 0 Å². The summed E-state index contributed by atoms with van der Waals surface area (Å²) in [4.78, 5) is 15.0. The van der Waals surface area contributed by atoms with Gasteiger partial charge in [0.2, 0.25) is 0 Å². The van der Waals surface area contributed by atoms with Crippen molar-refractivity contribution in [2.75, 3.05) is 31.1 Å². The third-order valence-electron chi connectivity index (χ3n) is 3.71. The van der Waals surface area contributed by atoms with Gasteiger partial charge in [-0.05, 0) is 32.9 Å². The monoisotopic (exact) mass is 355 g/mol. The van der Waals surface area contributed by atoms with Crippen molar-refractivity contribution in [2.24, 2.45) is 0 Å². The van der Waals surface area contributed by atoms with Crippen molar-refractivity contribution >= 4 is 11.8 Å². The summed E-state index contributed by atoms with van der Waals surface area (Å²) in [6.45, 7) is 6.10. The quantitative estimate of drug-likeness (QED) is 0.772. The Labute approximate surface area is 144 Å². The van der Waals surface area contributed by atoms with Gasteiger partial charge < -0.3 is 14.5 Å². The van der Waals surface area contributed by atoms with Gasteiger partial charge in [0.1, 0.15) is 11.7 Å². The molecule has 0 saturated carbocycles. The molecule has 0 unspecified atom stereocenters. The lowest BCUT2D eigenvalue weighted by Crippen LogP contribution is -2.50. The zero-order valence-corrected chi connectivity index (χ0v) is 14.4.